The summed E-state index contributed by atoms with van der Waals surface area (Å²) in [5.74, 6) is -1.10. The van der Waals surface area contributed by atoms with Gasteiger partial charge in [0.2, 0.25) is 0 Å². The molecule has 0 aromatic rings. The first-order valence-electron chi connectivity index (χ1n) is 4.54. The van der Waals surface area contributed by atoms with Gasteiger partial charge in [0.15, 0.2) is 0 Å². The molecule has 0 bridgehead atoms. The Labute approximate surface area is 77.8 Å². The molecule has 13 heavy (non-hydrogen) atoms. The molecule has 0 aromatic heterocycles. The lowest BCUT2D eigenvalue weighted by Gasteiger charge is -2.09. The average Bonchev–Trinajstić information content (AvgIpc) is 2.27. The van der Waals surface area contributed by atoms with Crippen LogP contribution >= 0.6 is 0 Å². The maximum absolute atomic E-state index is 11.2. The highest BCUT2D eigenvalue weighted by molar-refractivity contribution is 6.07. The van der Waals surface area contributed by atoms with Gasteiger partial charge in [0.25, 0.3) is 0 Å². The van der Waals surface area contributed by atoms with Crippen molar-refractivity contribution in [1.29, 1.82) is 0 Å². The zero-order valence-electron chi connectivity index (χ0n) is 8.16. The summed E-state index contributed by atoms with van der Waals surface area (Å²) >= 11 is 0. The van der Waals surface area contributed by atoms with Gasteiger partial charge in [-0.05, 0) is 12.3 Å². The van der Waals surface area contributed by atoms with Crippen molar-refractivity contribution in [3.05, 3.63) is 11.6 Å². The number of hydrogen-bond acceptors (Lipinski definition) is 3. The van der Waals surface area contributed by atoms with Crippen LogP contribution in [0.5, 0.6) is 0 Å². The van der Waals surface area contributed by atoms with E-state index in [0.717, 1.165) is 6.42 Å². The molecule has 1 aliphatic heterocycles. The fourth-order valence-corrected chi connectivity index (χ4v) is 1.53. The molecule has 1 rings (SSSR count). The van der Waals surface area contributed by atoms with Gasteiger partial charge in [-0.2, -0.15) is 0 Å². The maximum atomic E-state index is 11.2. The maximum Gasteiger partial charge on any atom is 0.342 e. The lowest BCUT2D eigenvalue weighted by Crippen LogP contribution is -2.15. The molecule has 1 aliphatic rings. The molecule has 1 fully saturated rings. The predicted octanol–water partition coefficient (Wildman–Crippen LogP) is 1.68. The standard InChI is InChI=1S/C10H14O3/c1-4-5-7-8(6(2)3)10(12)13-9(7)11/h5-6,8H,4H2,1-3H3. The normalized spacial score (nSPS) is 25.8. The van der Waals surface area contributed by atoms with E-state index in [0.29, 0.717) is 5.57 Å². The first-order chi connectivity index (χ1) is 6.07. The summed E-state index contributed by atoms with van der Waals surface area (Å²) in [6.07, 6.45) is 2.53. The molecular weight excluding hydrogens is 168 g/mol. The van der Waals surface area contributed by atoms with E-state index in [4.69, 9.17) is 0 Å². The van der Waals surface area contributed by atoms with Crippen LogP contribution in [-0.2, 0) is 14.3 Å². The van der Waals surface area contributed by atoms with E-state index in [9.17, 15) is 9.59 Å². The molecule has 3 heteroatoms. The van der Waals surface area contributed by atoms with Gasteiger partial charge in [0.1, 0.15) is 0 Å². The number of cyclic esters (lactones) is 2. The van der Waals surface area contributed by atoms with Crippen LogP contribution in [0.1, 0.15) is 27.2 Å². The minimum absolute atomic E-state index is 0.122. The largest absolute Gasteiger partial charge is 0.389 e. The molecule has 0 radical (unpaired) electrons. The van der Waals surface area contributed by atoms with E-state index in [1.54, 1.807) is 6.08 Å². The van der Waals surface area contributed by atoms with Gasteiger partial charge in [0.05, 0.1) is 5.92 Å². The van der Waals surface area contributed by atoms with Gasteiger partial charge in [0, 0.05) is 5.57 Å². The topological polar surface area (TPSA) is 43.4 Å². The summed E-state index contributed by atoms with van der Waals surface area (Å²) in [5, 5.41) is 0. The third-order valence-electron chi connectivity index (χ3n) is 2.11. The number of esters is 2. The molecule has 0 aliphatic carbocycles. The fourth-order valence-electron chi connectivity index (χ4n) is 1.53. The first-order valence-corrected chi connectivity index (χ1v) is 4.54. The molecule has 1 heterocycles. The van der Waals surface area contributed by atoms with Crippen molar-refractivity contribution in [2.45, 2.75) is 27.2 Å². The first kappa shape index (κ1) is 9.96. The van der Waals surface area contributed by atoms with Crippen LogP contribution in [0, 0.1) is 11.8 Å². The highest BCUT2D eigenvalue weighted by Gasteiger charge is 2.40. The zero-order chi connectivity index (χ0) is 10.0. The fraction of sp³-hybridized carbons (Fsp3) is 0.600. The van der Waals surface area contributed by atoms with Crippen LogP contribution in [0.2, 0.25) is 0 Å². The van der Waals surface area contributed by atoms with Crippen molar-refractivity contribution >= 4 is 11.9 Å². The Hall–Kier alpha value is -1.12. The van der Waals surface area contributed by atoms with Crippen molar-refractivity contribution in [1.82, 2.24) is 0 Å². The van der Waals surface area contributed by atoms with Crippen LogP contribution in [0.15, 0.2) is 11.6 Å². The quantitative estimate of drug-likeness (QED) is 0.370. The summed E-state index contributed by atoms with van der Waals surface area (Å²) in [4.78, 5) is 22.4. The summed E-state index contributed by atoms with van der Waals surface area (Å²) in [6.45, 7) is 5.75. The van der Waals surface area contributed by atoms with Crippen LogP contribution in [0.3, 0.4) is 0 Å². The minimum atomic E-state index is -0.467. The third-order valence-corrected chi connectivity index (χ3v) is 2.11. The molecule has 0 aromatic carbocycles. The highest BCUT2D eigenvalue weighted by atomic mass is 16.6. The molecular formula is C10H14O3. The monoisotopic (exact) mass is 182 g/mol. The van der Waals surface area contributed by atoms with Crippen LogP contribution in [0.25, 0.3) is 0 Å². The van der Waals surface area contributed by atoms with E-state index in [1.165, 1.54) is 0 Å². The van der Waals surface area contributed by atoms with Gasteiger partial charge in [-0.1, -0.05) is 26.8 Å². The lowest BCUT2D eigenvalue weighted by molar-refractivity contribution is -0.153. The number of carbonyl (C=O) groups excluding carboxylic acids is 2. The Balaban J connectivity index is 2.97. The van der Waals surface area contributed by atoms with Crippen molar-refractivity contribution < 1.29 is 14.3 Å². The summed E-state index contributed by atoms with van der Waals surface area (Å²) < 4.78 is 4.55. The smallest absolute Gasteiger partial charge is 0.342 e. The van der Waals surface area contributed by atoms with Crippen molar-refractivity contribution in [3.63, 3.8) is 0 Å². The second-order valence-electron chi connectivity index (χ2n) is 3.50. The molecule has 72 valence electrons. The zero-order valence-corrected chi connectivity index (χ0v) is 8.16. The molecule has 3 nitrogen and oxygen atoms in total. The van der Waals surface area contributed by atoms with Gasteiger partial charge in [-0.15, -0.1) is 0 Å². The molecule has 0 amide bonds. The molecule has 0 spiro atoms. The van der Waals surface area contributed by atoms with E-state index in [-0.39, 0.29) is 11.8 Å². The third kappa shape index (κ3) is 1.79. The number of hydrogen-bond donors (Lipinski definition) is 0. The Morgan fingerprint density at radius 3 is 2.54 bits per heavy atom. The SMILES string of the molecule is CCC=C1C(=O)OC(=O)C1C(C)C. The van der Waals surface area contributed by atoms with Gasteiger partial charge in [-0.25, -0.2) is 4.79 Å². The average molecular weight is 182 g/mol. The van der Waals surface area contributed by atoms with Gasteiger partial charge in [-0.3, -0.25) is 4.79 Å². The van der Waals surface area contributed by atoms with E-state index >= 15 is 0 Å². The number of ether oxygens (including phenoxy) is 1. The van der Waals surface area contributed by atoms with Crippen molar-refractivity contribution in [2.24, 2.45) is 11.8 Å². The Kier molecular flexibility index (Phi) is 2.86. The van der Waals surface area contributed by atoms with Gasteiger partial charge >= 0.3 is 11.9 Å². The number of rotatable bonds is 2. The summed E-state index contributed by atoms with van der Waals surface area (Å²) in [7, 11) is 0. The van der Waals surface area contributed by atoms with E-state index in [2.05, 4.69) is 4.74 Å². The molecule has 0 saturated carbocycles. The molecule has 0 N–H and O–H groups in total. The molecule has 1 saturated heterocycles. The summed E-state index contributed by atoms with van der Waals surface area (Å²) in [6, 6.07) is 0. The molecule has 1 atom stereocenters. The highest BCUT2D eigenvalue weighted by Crippen LogP contribution is 2.29. The van der Waals surface area contributed by atoms with E-state index in [1.807, 2.05) is 20.8 Å². The van der Waals surface area contributed by atoms with Crippen molar-refractivity contribution in [2.75, 3.05) is 0 Å². The number of allylic oxidation sites excluding steroid dienone is 1. The predicted molar refractivity (Wildman–Crippen MR) is 47.8 cm³/mol. The van der Waals surface area contributed by atoms with E-state index < -0.39 is 11.9 Å². The molecule has 1 unspecified atom stereocenters. The van der Waals surface area contributed by atoms with Crippen LogP contribution < -0.4 is 0 Å². The van der Waals surface area contributed by atoms with Crippen LogP contribution in [0.4, 0.5) is 0 Å². The second kappa shape index (κ2) is 3.73. The lowest BCUT2D eigenvalue weighted by atomic mass is 9.89. The second-order valence-corrected chi connectivity index (χ2v) is 3.50. The number of carbonyl (C=O) groups is 2. The van der Waals surface area contributed by atoms with Crippen LogP contribution in [-0.4, -0.2) is 11.9 Å². The Bertz CT molecular complexity index is 263. The Morgan fingerprint density at radius 2 is 2.08 bits per heavy atom. The Morgan fingerprint density at radius 1 is 1.46 bits per heavy atom. The minimum Gasteiger partial charge on any atom is -0.389 e. The summed E-state index contributed by atoms with van der Waals surface area (Å²) in [5.41, 5.74) is 0.530. The van der Waals surface area contributed by atoms with Crippen molar-refractivity contribution in [3.8, 4) is 0 Å². The van der Waals surface area contributed by atoms with Gasteiger partial charge < -0.3 is 4.74 Å².